The quantitative estimate of drug-likeness (QED) is 0.459. The van der Waals surface area contributed by atoms with Crippen LogP contribution in [0.4, 0.5) is 0 Å². The number of hydrogen-bond donors (Lipinski definition) is 2. The summed E-state index contributed by atoms with van der Waals surface area (Å²) in [4.78, 5) is 4.21. The lowest BCUT2D eigenvalue weighted by molar-refractivity contribution is 0.326. The van der Waals surface area contributed by atoms with Gasteiger partial charge in [0.2, 0.25) is 0 Å². The van der Waals surface area contributed by atoms with Gasteiger partial charge >= 0.3 is 0 Å². The molecule has 0 aliphatic heterocycles. The molecule has 1 saturated carbocycles. The van der Waals surface area contributed by atoms with Crippen molar-refractivity contribution in [2.45, 2.75) is 25.8 Å². The third-order valence-electron chi connectivity index (χ3n) is 2.65. The summed E-state index contributed by atoms with van der Waals surface area (Å²) in [5, 5.41) is 3.14. The molecule has 0 aromatic heterocycles. The molecule has 0 spiro atoms. The van der Waals surface area contributed by atoms with Crippen molar-refractivity contribution in [3.05, 3.63) is 29.8 Å². The molecular formula is C13H19N3O. The minimum absolute atomic E-state index is 0.529. The standard InChI is InChI=1S/C13H19N3O/c1-10-4-2-3-5-12(10)17-9-8-15-13(14)16-11-6-7-11/h2-5,11H,6-9H2,1H3,(H3,14,15,16). The number of hydrogen-bond acceptors (Lipinski definition) is 2. The van der Waals surface area contributed by atoms with E-state index < -0.39 is 0 Å². The van der Waals surface area contributed by atoms with E-state index in [1.54, 1.807) is 0 Å². The first-order valence-corrected chi connectivity index (χ1v) is 6.00. The third kappa shape index (κ3) is 3.98. The minimum Gasteiger partial charge on any atom is -0.491 e. The van der Waals surface area contributed by atoms with Crippen LogP contribution in [-0.2, 0) is 0 Å². The molecule has 4 heteroatoms. The van der Waals surface area contributed by atoms with Crippen molar-refractivity contribution < 1.29 is 4.74 Å². The Hall–Kier alpha value is -1.71. The van der Waals surface area contributed by atoms with Gasteiger partial charge in [0.25, 0.3) is 0 Å². The summed E-state index contributed by atoms with van der Waals surface area (Å²) in [6.07, 6.45) is 2.41. The molecule has 3 N–H and O–H groups in total. The molecule has 0 unspecified atom stereocenters. The number of nitrogens with one attached hydrogen (secondary N) is 1. The van der Waals surface area contributed by atoms with Crippen molar-refractivity contribution in [3.63, 3.8) is 0 Å². The summed E-state index contributed by atoms with van der Waals surface area (Å²) >= 11 is 0. The Bertz CT molecular complexity index is 399. The summed E-state index contributed by atoms with van der Waals surface area (Å²) in [5.41, 5.74) is 6.85. The molecule has 17 heavy (non-hydrogen) atoms. The summed E-state index contributed by atoms with van der Waals surface area (Å²) in [6.45, 7) is 3.17. The molecule has 2 rings (SSSR count). The van der Waals surface area contributed by atoms with Crippen LogP contribution in [-0.4, -0.2) is 25.2 Å². The lowest BCUT2D eigenvalue weighted by atomic mass is 10.2. The van der Waals surface area contributed by atoms with Crippen molar-refractivity contribution in [1.29, 1.82) is 0 Å². The first-order chi connectivity index (χ1) is 8.25. The van der Waals surface area contributed by atoms with Gasteiger partial charge in [-0.05, 0) is 31.4 Å². The van der Waals surface area contributed by atoms with E-state index in [0.717, 1.165) is 11.3 Å². The largest absolute Gasteiger partial charge is 0.491 e. The van der Waals surface area contributed by atoms with Gasteiger partial charge in [-0.15, -0.1) is 0 Å². The first kappa shape index (κ1) is 11.8. The monoisotopic (exact) mass is 233 g/mol. The number of para-hydroxylation sites is 1. The highest BCUT2D eigenvalue weighted by molar-refractivity contribution is 5.78. The predicted molar refractivity (Wildman–Crippen MR) is 69.3 cm³/mol. The van der Waals surface area contributed by atoms with E-state index >= 15 is 0 Å². The van der Waals surface area contributed by atoms with Gasteiger partial charge in [-0.1, -0.05) is 18.2 Å². The zero-order valence-corrected chi connectivity index (χ0v) is 10.1. The second kappa shape index (κ2) is 5.57. The number of benzene rings is 1. The minimum atomic E-state index is 0.529. The van der Waals surface area contributed by atoms with Crippen LogP contribution in [0.25, 0.3) is 0 Å². The Morgan fingerprint density at radius 1 is 1.47 bits per heavy atom. The molecule has 0 atom stereocenters. The Kier molecular flexibility index (Phi) is 3.85. The second-order valence-corrected chi connectivity index (χ2v) is 4.30. The Balaban J connectivity index is 1.70. The van der Waals surface area contributed by atoms with Crippen LogP contribution < -0.4 is 15.8 Å². The van der Waals surface area contributed by atoms with Crippen LogP contribution in [0.15, 0.2) is 29.3 Å². The molecule has 4 nitrogen and oxygen atoms in total. The van der Waals surface area contributed by atoms with Gasteiger partial charge < -0.3 is 15.8 Å². The van der Waals surface area contributed by atoms with Crippen molar-refractivity contribution >= 4 is 5.96 Å². The van der Waals surface area contributed by atoms with Crippen LogP contribution in [0.1, 0.15) is 18.4 Å². The molecule has 1 aromatic carbocycles. The van der Waals surface area contributed by atoms with Gasteiger partial charge in [-0.2, -0.15) is 0 Å². The predicted octanol–water partition coefficient (Wildman–Crippen LogP) is 1.44. The van der Waals surface area contributed by atoms with E-state index in [-0.39, 0.29) is 0 Å². The van der Waals surface area contributed by atoms with E-state index in [0.29, 0.717) is 25.2 Å². The summed E-state index contributed by atoms with van der Waals surface area (Å²) in [7, 11) is 0. The number of ether oxygens (including phenoxy) is 1. The van der Waals surface area contributed by atoms with E-state index in [2.05, 4.69) is 10.3 Å². The van der Waals surface area contributed by atoms with Crippen LogP contribution in [0, 0.1) is 6.92 Å². The highest BCUT2D eigenvalue weighted by Crippen LogP contribution is 2.18. The van der Waals surface area contributed by atoms with Gasteiger partial charge in [0, 0.05) is 6.04 Å². The van der Waals surface area contributed by atoms with Crippen molar-refractivity contribution in [2.75, 3.05) is 13.2 Å². The zero-order chi connectivity index (χ0) is 12.1. The second-order valence-electron chi connectivity index (χ2n) is 4.30. The highest BCUT2D eigenvalue weighted by atomic mass is 16.5. The molecular weight excluding hydrogens is 214 g/mol. The average molecular weight is 233 g/mol. The van der Waals surface area contributed by atoms with Crippen LogP contribution in [0.3, 0.4) is 0 Å². The SMILES string of the molecule is Cc1ccccc1OCCN=C(N)NC1CC1. The van der Waals surface area contributed by atoms with E-state index in [1.807, 2.05) is 31.2 Å². The normalized spacial score (nSPS) is 15.7. The van der Waals surface area contributed by atoms with Crippen molar-refractivity contribution in [2.24, 2.45) is 10.7 Å². The average Bonchev–Trinajstić information content (AvgIpc) is 3.10. The van der Waals surface area contributed by atoms with E-state index in [4.69, 9.17) is 10.5 Å². The molecule has 0 bridgehead atoms. The fraction of sp³-hybridized carbons (Fsp3) is 0.462. The fourth-order valence-corrected chi connectivity index (χ4v) is 1.52. The van der Waals surface area contributed by atoms with Crippen molar-refractivity contribution in [3.8, 4) is 5.75 Å². The lowest BCUT2D eigenvalue weighted by Crippen LogP contribution is -2.33. The molecule has 1 aliphatic carbocycles. The molecule has 0 heterocycles. The number of nitrogens with zero attached hydrogens (tertiary/aromatic N) is 1. The summed E-state index contributed by atoms with van der Waals surface area (Å²) in [5.74, 6) is 1.44. The Morgan fingerprint density at radius 3 is 2.94 bits per heavy atom. The molecule has 0 amide bonds. The highest BCUT2D eigenvalue weighted by Gasteiger charge is 2.21. The third-order valence-corrected chi connectivity index (χ3v) is 2.65. The molecule has 92 valence electrons. The maximum absolute atomic E-state index is 5.71. The topological polar surface area (TPSA) is 59.6 Å². The number of nitrogens with two attached hydrogens (primary N) is 1. The number of rotatable bonds is 5. The van der Waals surface area contributed by atoms with E-state index in [1.165, 1.54) is 12.8 Å². The summed E-state index contributed by atoms with van der Waals surface area (Å²) in [6, 6.07) is 8.51. The lowest BCUT2D eigenvalue weighted by Gasteiger charge is -2.07. The Morgan fingerprint density at radius 2 is 2.24 bits per heavy atom. The Labute approximate surface area is 102 Å². The van der Waals surface area contributed by atoms with Gasteiger partial charge in [-0.3, -0.25) is 0 Å². The molecule has 1 aliphatic rings. The van der Waals surface area contributed by atoms with Gasteiger partial charge in [0.1, 0.15) is 12.4 Å². The number of aryl methyl sites for hydroxylation is 1. The maximum atomic E-state index is 5.71. The molecule has 1 aromatic rings. The van der Waals surface area contributed by atoms with E-state index in [9.17, 15) is 0 Å². The van der Waals surface area contributed by atoms with Gasteiger partial charge in [-0.25, -0.2) is 4.99 Å². The maximum Gasteiger partial charge on any atom is 0.188 e. The van der Waals surface area contributed by atoms with Crippen LogP contribution >= 0.6 is 0 Å². The fourth-order valence-electron chi connectivity index (χ4n) is 1.52. The van der Waals surface area contributed by atoms with Crippen LogP contribution in [0.5, 0.6) is 5.75 Å². The summed E-state index contributed by atoms with van der Waals surface area (Å²) < 4.78 is 5.62. The first-order valence-electron chi connectivity index (χ1n) is 6.00. The molecule has 1 fully saturated rings. The zero-order valence-electron chi connectivity index (χ0n) is 10.1. The molecule has 0 radical (unpaired) electrons. The number of guanidine groups is 1. The smallest absolute Gasteiger partial charge is 0.188 e. The number of aliphatic imine (C=N–C) groups is 1. The van der Waals surface area contributed by atoms with Gasteiger partial charge in [0.05, 0.1) is 6.54 Å². The van der Waals surface area contributed by atoms with Crippen LogP contribution in [0.2, 0.25) is 0 Å². The van der Waals surface area contributed by atoms with Gasteiger partial charge in [0.15, 0.2) is 5.96 Å². The van der Waals surface area contributed by atoms with Crippen molar-refractivity contribution in [1.82, 2.24) is 5.32 Å². The molecule has 0 saturated heterocycles.